The molecule has 6 heteroatoms. The van der Waals surface area contributed by atoms with E-state index in [4.69, 9.17) is 4.52 Å². The molecule has 19 heavy (non-hydrogen) atoms. The lowest BCUT2D eigenvalue weighted by Crippen LogP contribution is -2.16. The summed E-state index contributed by atoms with van der Waals surface area (Å²) in [6.45, 7) is 2.21. The number of benzene rings is 1. The van der Waals surface area contributed by atoms with Gasteiger partial charge in [-0.2, -0.15) is 0 Å². The highest BCUT2D eigenvalue weighted by atomic mass is 19.1. The zero-order valence-corrected chi connectivity index (χ0v) is 10.4. The molecule has 2 aromatic rings. The molecule has 0 aliphatic rings. The van der Waals surface area contributed by atoms with Gasteiger partial charge in [0, 0.05) is 24.7 Å². The van der Waals surface area contributed by atoms with E-state index in [-0.39, 0.29) is 18.1 Å². The minimum Gasteiger partial charge on any atom is -0.367 e. The monoisotopic (exact) mass is 263 g/mol. The lowest BCUT2D eigenvalue weighted by Gasteiger charge is -2.05. The van der Waals surface area contributed by atoms with Crippen LogP contribution in [0.25, 0.3) is 0 Å². The number of anilines is 2. The van der Waals surface area contributed by atoms with Gasteiger partial charge >= 0.3 is 0 Å². The van der Waals surface area contributed by atoms with Crippen LogP contribution in [0.15, 0.2) is 34.9 Å². The van der Waals surface area contributed by atoms with Crippen LogP contribution in [0.4, 0.5) is 15.9 Å². The summed E-state index contributed by atoms with van der Waals surface area (Å²) in [5.74, 6) is 0.718. The number of carbonyl (C=O) groups excluding carboxylic acids is 1. The first-order valence-corrected chi connectivity index (χ1v) is 5.86. The predicted octanol–water partition coefficient (Wildman–Crippen LogP) is 2.56. The number of halogens is 1. The molecule has 1 aromatic carbocycles. The van der Waals surface area contributed by atoms with Crippen molar-refractivity contribution < 1.29 is 13.7 Å². The molecule has 0 spiro atoms. The third kappa shape index (κ3) is 4.09. The van der Waals surface area contributed by atoms with Crippen LogP contribution in [-0.2, 0) is 4.79 Å². The van der Waals surface area contributed by atoms with Gasteiger partial charge in [-0.05, 0) is 25.1 Å². The second-order valence-electron chi connectivity index (χ2n) is 4.06. The molecule has 0 atom stereocenters. The van der Waals surface area contributed by atoms with Crippen LogP contribution in [0.1, 0.15) is 12.2 Å². The smallest absolute Gasteiger partial charge is 0.226 e. The Bertz CT molecular complexity index is 569. The summed E-state index contributed by atoms with van der Waals surface area (Å²) in [5.41, 5.74) is 0.447. The topological polar surface area (TPSA) is 67.2 Å². The van der Waals surface area contributed by atoms with Crippen molar-refractivity contribution in [3.8, 4) is 0 Å². The molecule has 5 nitrogen and oxygen atoms in total. The number of amides is 1. The number of hydrogen-bond acceptors (Lipinski definition) is 4. The molecule has 0 aliphatic heterocycles. The third-order valence-electron chi connectivity index (χ3n) is 2.39. The molecule has 1 heterocycles. The predicted molar refractivity (Wildman–Crippen MR) is 69.4 cm³/mol. The Hall–Kier alpha value is -2.37. The molecule has 0 saturated carbocycles. The van der Waals surface area contributed by atoms with Crippen LogP contribution in [0.3, 0.4) is 0 Å². The van der Waals surface area contributed by atoms with Gasteiger partial charge in [0.15, 0.2) is 5.82 Å². The maximum atomic E-state index is 12.9. The molecule has 0 saturated heterocycles. The summed E-state index contributed by atoms with van der Waals surface area (Å²) < 4.78 is 17.8. The van der Waals surface area contributed by atoms with Crippen molar-refractivity contribution in [2.75, 3.05) is 17.2 Å². The molecular formula is C13H14FN3O2. The zero-order valence-electron chi connectivity index (χ0n) is 10.4. The first-order chi connectivity index (χ1) is 9.13. The minimum absolute atomic E-state index is 0.196. The Morgan fingerprint density at radius 3 is 2.95 bits per heavy atom. The maximum absolute atomic E-state index is 12.9. The van der Waals surface area contributed by atoms with Crippen molar-refractivity contribution in [2.24, 2.45) is 0 Å². The van der Waals surface area contributed by atoms with E-state index in [1.807, 2.05) is 0 Å². The van der Waals surface area contributed by atoms with Gasteiger partial charge in [-0.1, -0.05) is 11.2 Å². The van der Waals surface area contributed by atoms with Crippen molar-refractivity contribution in [3.63, 3.8) is 0 Å². The molecule has 0 radical (unpaired) electrons. The van der Waals surface area contributed by atoms with Crippen molar-refractivity contribution in [1.82, 2.24) is 5.16 Å². The van der Waals surface area contributed by atoms with Gasteiger partial charge in [-0.3, -0.25) is 4.79 Å². The Morgan fingerprint density at radius 1 is 1.42 bits per heavy atom. The largest absolute Gasteiger partial charge is 0.367 e. The molecule has 0 bridgehead atoms. The van der Waals surface area contributed by atoms with E-state index in [2.05, 4.69) is 15.8 Å². The second-order valence-corrected chi connectivity index (χ2v) is 4.06. The summed E-state index contributed by atoms with van der Waals surface area (Å²) in [6, 6.07) is 7.51. The van der Waals surface area contributed by atoms with Crippen molar-refractivity contribution in [2.45, 2.75) is 13.3 Å². The van der Waals surface area contributed by atoms with Gasteiger partial charge in [0.05, 0.1) is 0 Å². The van der Waals surface area contributed by atoms with Crippen LogP contribution in [0, 0.1) is 12.7 Å². The summed E-state index contributed by atoms with van der Waals surface area (Å²) in [7, 11) is 0. The molecule has 1 aromatic heterocycles. The average Bonchev–Trinajstić information content (AvgIpc) is 2.75. The summed E-state index contributed by atoms with van der Waals surface area (Å²) in [6.07, 6.45) is 0.252. The highest BCUT2D eigenvalue weighted by molar-refractivity contribution is 5.90. The van der Waals surface area contributed by atoms with E-state index >= 15 is 0 Å². The standard InChI is InChI=1S/C13H14FN3O2/c1-9-7-12(17-19-9)15-6-5-13(18)16-11-4-2-3-10(14)8-11/h2-4,7-8H,5-6H2,1H3,(H,15,17)(H,16,18). The van der Waals surface area contributed by atoms with Gasteiger partial charge in [-0.25, -0.2) is 4.39 Å². The highest BCUT2D eigenvalue weighted by Gasteiger charge is 2.04. The van der Waals surface area contributed by atoms with E-state index in [0.29, 0.717) is 23.8 Å². The number of nitrogens with zero attached hydrogens (tertiary/aromatic N) is 1. The molecular weight excluding hydrogens is 249 g/mol. The lowest BCUT2D eigenvalue weighted by atomic mass is 10.3. The Morgan fingerprint density at radius 2 is 2.26 bits per heavy atom. The van der Waals surface area contributed by atoms with Crippen LogP contribution < -0.4 is 10.6 Å². The molecule has 100 valence electrons. The fourth-order valence-corrected chi connectivity index (χ4v) is 1.54. The van der Waals surface area contributed by atoms with Gasteiger partial charge < -0.3 is 15.2 Å². The van der Waals surface area contributed by atoms with Crippen molar-refractivity contribution in [3.05, 3.63) is 41.9 Å². The summed E-state index contributed by atoms with van der Waals surface area (Å²) in [5, 5.41) is 9.31. The van der Waals surface area contributed by atoms with Crippen LogP contribution in [-0.4, -0.2) is 17.6 Å². The molecule has 0 fully saturated rings. The van der Waals surface area contributed by atoms with Crippen LogP contribution in [0.5, 0.6) is 0 Å². The van der Waals surface area contributed by atoms with E-state index in [0.717, 1.165) is 0 Å². The molecule has 2 N–H and O–H groups in total. The Balaban J connectivity index is 1.76. The molecule has 0 aliphatic carbocycles. The Labute approximate surface area is 109 Å². The zero-order chi connectivity index (χ0) is 13.7. The van der Waals surface area contributed by atoms with E-state index in [1.54, 1.807) is 25.1 Å². The van der Waals surface area contributed by atoms with Gasteiger partial charge in [0.25, 0.3) is 0 Å². The lowest BCUT2D eigenvalue weighted by molar-refractivity contribution is -0.115. The normalized spacial score (nSPS) is 10.2. The van der Waals surface area contributed by atoms with Gasteiger partial charge in [0.1, 0.15) is 11.6 Å². The number of nitrogens with one attached hydrogen (secondary N) is 2. The summed E-state index contributed by atoms with van der Waals surface area (Å²) in [4.78, 5) is 11.6. The van der Waals surface area contributed by atoms with E-state index in [1.165, 1.54) is 12.1 Å². The third-order valence-corrected chi connectivity index (χ3v) is 2.39. The van der Waals surface area contributed by atoms with Crippen molar-refractivity contribution >= 4 is 17.4 Å². The van der Waals surface area contributed by atoms with Crippen LogP contribution >= 0.6 is 0 Å². The van der Waals surface area contributed by atoms with Gasteiger partial charge in [0.2, 0.25) is 5.91 Å². The number of rotatable bonds is 5. The van der Waals surface area contributed by atoms with Crippen molar-refractivity contribution in [1.29, 1.82) is 0 Å². The number of hydrogen-bond donors (Lipinski definition) is 2. The quantitative estimate of drug-likeness (QED) is 0.870. The SMILES string of the molecule is Cc1cc(NCCC(=O)Nc2cccc(F)c2)no1. The second kappa shape index (κ2) is 5.99. The fraction of sp³-hybridized carbons (Fsp3) is 0.231. The van der Waals surface area contributed by atoms with E-state index in [9.17, 15) is 9.18 Å². The average molecular weight is 263 g/mol. The fourth-order valence-electron chi connectivity index (χ4n) is 1.54. The van der Waals surface area contributed by atoms with Gasteiger partial charge in [-0.15, -0.1) is 0 Å². The van der Waals surface area contributed by atoms with Crippen LogP contribution in [0.2, 0.25) is 0 Å². The molecule has 1 amide bonds. The summed E-state index contributed by atoms with van der Waals surface area (Å²) >= 11 is 0. The number of aryl methyl sites for hydroxylation is 1. The first-order valence-electron chi connectivity index (χ1n) is 5.86. The minimum atomic E-state index is -0.381. The number of aromatic nitrogens is 1. The molecule has 0 unspecified atom stereocenters. The molecule has 2 rings (SSSR count). The maximum Gasteiger partial charge on any atom is 0.226 e. The van der Waals surface area contributed by atoms with E-state index < -0.39 is 0 Å². The Kier molecular flexibility index (Phi) is 4.12. The first kappa shape index (κ1) is 13.1. The highest BCUT2D eigenvalue weighted by Crippen LogP contribution is 2.10. The number of carbonyl (C=O) groups is 1.